The highest BCUT2D eigenvalue weighted by Crippen LogP contribution is 2.27. The number of rotatable bonds is 8. The second kappa shape index (κ2) is 8.82. The number of aryl methyl sites for hydroxylation is 2. The van der Waals surface area contributed by atoms with Crippen LogP contribution in [-0.4, -0.2) is 35.8 Å². The second-order valence-corrected chi connectivity index (χ2v) is 7.23. The number of carbonyl (C=O) groups excluding carboxylic acids is 2. The Hall–Kier alpha value is -2.66. The van der Waals surface area contributed by atoms with Gasteiger partial charge in [-0.15, -0.1) is 0 Å². The van der Waals surface area contributed by atoms with E-state index in [1.807, 2.05) is 62.4 Å². The van der Waals surface area contributed by atoms with Crippen molar-refractivity contribution in [3.05, 3.63) is 59.7 Å². The summed E-state index contributed by atoms with van der Waals surface area (Å²) in [5, 5.41) is 5.91. The minimum Gasteiger partial charge on any atom is -0.326 e. The van der Waals surface area contributed by atoms with E-state index in [1.54, 1.807) is 0 Å². The van der Waals surface area contributed by atoms with Gasteiger partial charge in [-0.05, 0) is 56.0 Å². The second-order valence-electron chi connectivity index (χ2n) is 7.23. The maximum absolute atomic E-state index is 12.5. The quantitative estimate of drug-likeness (QED) is 0.749. The lowest BCUT2D eigenvalue weighted by Gasteiger charge is -2.21. The molecule has 0 unspecified atom stereocenters. The van der Waals surface area contributed by atoms with Gasteiger partial charge in [0.25, 0.3) is 0 Å². The highest BCUT2D eigenvalue weighted by molar-refractivity contribution is 5.93. The Bertz CT molecular complexity index is 800. The molecule has 5 heteroatoms. The fraction of sp³-hybridized carbons (Fsp3) is 0.364. The van der Waals surface area contributed by atoms with Crippen molar-refractivity contribution >= 4 is 23.2 Å². The number of nitrogens with one attached hydrogen (secondary N) is 2. The molecule has 2 N–H and O–H groups in total. The lowest BCUT2D eigenvalue weighted by Crippen LogP contribution is -2.37. The van der Waals surface area contributed by atoms with Gasteiger partial charge < -0.3 is 10.6 Å². The Labute approximate surface area is 160 Å². The van der Waals surface area contributed by atoms with Gasteiger partial charge in [-0.25, -0.2) is 0 Å². The van der Waals surface area contributed by atoms with E-state index in [9.17, 15) is 9.59 Å². The molecule has 1 saturated carbocycles. The first-order valence-corrected chi connectivity index (χ1v) is 9.47. The van der Waals surface area contributed by atoms with Crippen molar-refractivity contribution < 1.29 is 9.59 Å². The third kappa shape index (κ3) is 5.93. The predicted molar refractivity (Wildman–Crippen MR) is 109 cm³/mol. The molecule has 1 aliphatic rings. The third-order valence-electron chi connectivity index (χ3n) is 4.76. The fourth-order valence-corrected chi connectivity index (χ4v) is 3.07. The molecule has 5 nitrogen and oxygen atoms in total. The molecule has 0 saturated heterocycles. The Balaban J connectivity index is 1.51. The first kappa shape index (κ1) is 19.1. The van der Waals surface area contributed by atoms with Crippen LogP contribution in [0, 0.1) is 13.8 Å². The molecule has 0 heterocycles. The van der Waals surface area contributed by atoms with Crippen LogP contribution in [0.15, 0.2) is 48.5 Å². The number of anilines is 2. The number of hydrogen-bond acceptors (Lipinski definition) is 3. The van der Waals surface area contributed by atoms with Crippen molar-refractivity contribution in [3.63, 3.8) is 0 Å². The van der Waals surface area contributed by atoms with Crippen LogP contribution in [0.25, 0.3) is 0 Å². The maximum Gasteiger partial charge on any atom is 0.238 e. The number of hydrogen-bond donors (Lipinski definition) is 2. The molecule has 1 aliphatic carbocycles. The molecular formula is C22H27N3O2. The van der Waals surface area contributed by atoms with Gasteiger partial charge in [0.2, 0.25) is 11.8 Å². The van der Waals surface area contributed by atoms with Crippen molar-refractivity contribution in [2.75, 3.05) is 23.7 Å². The van der Waals surface area contributed by atoms with Crippen LogP contribution in [0.1, 0.15) is 30.4 Å². The van der Waals surface area contributed by atoms with E-state index in [0.29, 0.717) is 25.6 Å². The summed E-state index contributed by atoms with van der Waals surface area (Å²) in [7, 11) is 0. The summed E-state index contributed by atoms with van der Waals surface area (Å²) in [6.07, 6.45) is 2.57. The Morgan fingerprint density at radius 3 is 2.44 bits per heavy atom. The van der Waals surface area contributed by atoms with Crippen molar-refractivity contribution in [2.45, 2.75) is 39.2 Å². The average molecular weight is 365 g/mol. The van der Waals surface area contributed by atoms with Crippen molar-refractivity contribution in [2.24, 2.45) is 0 Å². The van der Waals surface area contributed by atoms with Crippen LogP contribution in [0.3, 0.4) is 0 Å². The molecule has 2 aromatic carbocycles. The molecule has 2 aromatic rings. The Morgan fingerprint density at radius 2 is 1.74 bits per heavy atom. The van der Waals surface area contributed by atoms with Gasteiger partial charge in [-0.1, -0.05) is 30.3 Å². The minimum absolute atomic E-state index is 0.0261. The summed E-state index contributed by atoms with van der Waals surface area (Å²) in [4.78, 5) is 26.8. The summed E-state index contributed by atoms with van der Waals surface area (Å²) in [6, 6.07) is 15.9. The fourth-order valence-electron chi connectivity index (χ4n) is 3.07. The molecule has 0 atom stereocenters. The SMILES string of the molecule is Cc1ccc(C)c(NC(=O)CN(CCC(=O)Nc2ccccc2)C2CC2)c1. The predicted octanol–water partition coefficient (Wildman–Crippen LogP) is 3.74. The number of nitrogens with zero attached hydrogens (tertiary/aromatic N) is 1. The van der Waals surface area contributed by atoms with E-state index in [1.165, 1.54) is 0 Å². The van der Waals surface area contributed by atoms with E-state index in [0.717, 1.165) is 35.3 Å². The van der Waals surface area contributed by atoms with Gasteiger partial charge in [0.05, 0.1) is 6.54 Å². The number of para-hydroxylation sites is 1. The molecule has 27 heavy (non-hydrogen) atoms. The van der Waals surface area contributed by atoms with Gasteiger partial charge in [-0.3, -0.25) is 14.5 Å². The zero-order valence-corrected chi connectivity index (χ0v) is 16.0. The minimum atomic E-state index is -0.0286. The van der Waals surface area contributed by atoms with Gasteiger partial charge in [0.1, 0.15) is 0 Å². The summed E-state index contributed by atoms with van der Waals surface area (Å²) in [6.45, 7) is 4.90. The van der Waals surface area contributed by atoms with Crippen molar-refractivity contribution in [3.8, 4) is 0 Å². The average Bonchev–Trinajstić information content (AvgIpc) is 3.47. The number of amides is 2. The molecule has 0 aromatic heterocycles. The van der Waals surface area contributed by atoms with Gasteiger partial charge >= 0.3 is 0 Å². The molecule has 142 valence electrons. The normalized spacial score (nSPS) is 13.4. The summed E-state index contributed by atoms with van der Waals surface area (Å²) in [5.74, 6) is -0.0548. The first-order valence-electron chi connectivity index (χ1n) is 9.47. The molecule has 0 bridgehead atoms. The third-order valence-corrected chi connectivity index (χ3v) is 4.76. The van der Waals surface area contributed by atoms with Gasteiger partial charge in [-0.2, -0.15) is 0 Å². The van der Waals surface area contributed by atoms with E-state index in [-0.39, 0.29) is 11.8 Å². The Kier molecular flexibility index (Phi) is 6.24. The van der Waals surface area contributed by atoms with E-state index >= 15 is 0 Å². The number of carbonyl (C=O) groups is 2. The van der Waals surface area contributed by atoms with Crippen LogP contribution in [0.5, 0.6) is 0 Å². The van der Waals surface area contributed by atoms with Crippen LogP contribution in [-0.2, 0) is 9.59 Å². The summed E-state index contributed by atoms with van der Waals surface area (Å²) < 4.78 is 0. The number of benzene rings is 2. The molecule has 3 rings (SSSR count). The zero-order valence-electron chi connectivity index (χ0n) is 16.0. The van der Waals surface area contributed by atoms with E-state index < -0.39 is 0 Å². The lowest BCUT2D eigenvalue weighted by atomic mass is 10.1. The van der Waals surface area contributed by atoms with E-state index in [2.05, 4.69) is 15.5 Å². The summed E-state index contributed by atoms with van der Waals surface area (Å²) >= 11 is 0. The van der Waals surface area contributed by atoms with Crippen molar-refractivity contribution in [1.82, 2.24) is 4.90 Å². The molecule has 1 fully saturated rings. The van der Waals surface area contributed by atoms with Gasteiger partial charge in [0.15, 0.2) is 0 Å². The monoisotopic (exact) mass is 365 g/mol. The first-order chi connectivity index (χ1) is 13.0. The molecular weight excluding hydrogens is 338 g/mol. The highest BCUT2D eigenvalue weighted by atomic mass is 16.2. The van der Waals surface area contributed by atoms with Crippen LogP contribution >= 0.6 is 0 Å². The zero-order chi connectivity index (χ0) is 19.2. The molecule has 2 amide bonds. The molecule has 0 spiro atoms. The molecule has 0 aliphatic heterocycles. The van der Waals surface area contributed by atoms with Crippen molar-refractivity contribution in [1.29, 1.82) is 0 Å². The lowest BCUT2D eigenvalue weighted by molar-refractivity contribution is -0.119. The van der Waals surface area contributed by atoms with Gasteiger partial charge in [0, 0.05) is 30.4 Å². The smallest absolute Gasteiger partial charge is 0.238 e. The van der Waals surface area contributed by atoms with Crippen LogP contribution < -0.4 is 10.6 Å². The maximum atomic E-state index is 12.5. The largest absolute Gasteiger partial charge is 0.326 e. The van der Waals surface area contributed by atoms with Crippen LogP contribution in [0.2, 0.25) is 0 Å². The highest BCUT2D eigenvalue weighted by Gasteiger charge is 2.30. The van der Waals surface area contributed by atoms with Crippen LogP contribution in [0.4, 0.5) is 11.4 Å². The Morgan fingerprint density at radius 1 is 1.00 bits per heavy atom. The van der Waals surface area contributed by atoms with E-state index in [4.69, 9.17) is 0 Å². The summed E-state index contributed by atoms with van der Waals surface area (Å²) in [5.41, 5.74) is 3.83. The standard InChI is InChI=1S/C22H27N3O2/c1-16-8-9-17(2)20(14-16)24-22(27)15-25(19-10-11-19)13-12-21(26)23-18-6-4-3-5-7-18/h3-9,14,19H,10-13,15H2,1-2H3,(H,23,26)(H,24,27). The topological polar surface area (TPSA) is 61.4 Å². The molecule has 0 radical (unpaired) electrons.